The average Bonchev–Trinajstić information content (AvgIpc) is 2.60. The van der Waals surface area contributed by atoms with Crippen molar-refractivity contribution in [3.8, 4) is 0 Å². The number of halogens is 4. The van der Waals surface area contributed by atoms with E-state index in [0.29, 0.717) is 23.1 Å². The molecule has 26 heavy (non-hydrogen) atoms. The zero-order valence-corrected chi connectivity index (χ0v) is 15.8. The fourth-order valence-corrected chi connectivity index (χ4v) is 4.18. The Morgan fingerprint density at radius 3 is 2.73 bits per heavy atom. The van der Waals surface area contributed by atoms with Crippen molar-refractivity contribution < 1.29 is 13.2 Å². The van der Waals surface area contributed by atoms with Gasteiger partial charge in [0.15, 0.2) is 0 Å². The smallest absolute Gasteiger partial charge is 0.351 e. The van der Waals surface area contributed by atoms with Crippen LogP contribution < -0.4 is 10.2 Å². The molecule has 2 aromatic rings. The van der Waals surface area contributed by atoms with Crippen LogP contribution in [0, 0.1) is 0 Å². The van der Waals surface area contributed by atoms with Crippen molar-refractivity contribution in [2.75, 3.05) is 24.5 Å². The second-order valence-corrected chi connectivity index (χ2v) is 7.52. The van der Waals surface area contributed by atoms with E-state index in [4.69, 9.17) is 11.6 Å². The van der Waals surface area contributed by atoms with Gasteiger partial charge in [0.2, 0.25) is 0 Å². The van der Waals surface area contributed by atoms with E-state index in [1.807, 2.05) is 24.0 Å². The number of nitrogens with one attached hydrogen (secondary N) is 1. The highest BCUT2D eigenvalue weighted by Crippen LogP contribution is 2.38. The molecule has 0 radical (unpaired) electrons. The van der Waals surface area contributed by atoms with Crippen LogP contribution >= 0.6 is 23.4 Å². The second kappa shape index (κ2) is 8.06. The summed E-state index contributed by atoms with van der Waals surface area (Å²) in [7, 11) is 0. The van der Waals surface area contributed by atoms with Gasteiger partial charge in [-0.25, -0.2) is 4.98 Å². The Kier molecular flexibility index (Phi) is 5.99. The van der Waals surface area contributed by atoms with E-state index in [1.54, 1.807) is 12.1 Å². The van der Waals surface area contributed by atoms with Crippen LogP contribution in [0.2, 0.25) is 5.02 Å². The molecule has 1 aromatic heterocycles. The molecule has 0 saturated carbocycles. The Morgan fingerprint density at radius 2 is 2.04 bits per heavy atom. The first kappa shape index (κ1) is 19.3. The molecule has 0 spiro atoms. The predicted octanol–water partition coefficient (Wildman–Crippen LogP) is 4.84. The number of aromatic nitrogens is 1. The molecule has 1 aliphatic rings. The first-order chi connectivity index (χ1) is 12.4. The number of alkyl halides is 3. The van der Waals surface area contributed by atoms with E-state index in [-0.39, 0.29) is 11.1 Å². The normalized spacial score (nSPS) is 18.2. The number of hydrogen-bond donors (Lipinski definition) is 1. The highest BCUT2D eigenvalue weighted by Gasteiger charge is 2.35. The molecule has 1 fully saturated rings. The van der Waals surface area contributed by atoms with Crippen LogP contribution in [0.3, 0.4) is 0 Å². The second-order valence-electron chi connectivity index (χ2n) is 6.15. The number of benzene rings is 1. The van der Waals surface area contributed by atoms with Gasteiger partial charge in [0.25, 0.3) is 0 Å². The lowest BCUT2D eigenvalue weighted by Gasteiger charge is -2.35. The third-order valence-electron chi connectivity index (χ3n) is 4.27. The van der Waals surface area contributed by atoms with E-state index >= 15 is 0 Å². The fraction of sp³-hybridized carbons (Fsp3) is 0.389. The Labute approximate surface area is 159 Å². The largest absolute Gasteiger partial charge is 0.419 e. The fourth-order valence-electron chi connectivity index (χ4n) is 2.86. The van der Waals surface area contributed by atoms with Gasteiger partial charge in [0.05, 0.1) is 5.56 Å². The van der Waals surface area contributed by atoms with Crippen molar-refractivity contribution in [3.63, 3.8) is 0 Å². The molecule has 2 heterocycles. The highest BCUT2D eigenvalue weighted by molar-refractivity contribution is 7.98. The Morgan fingerprint density at radius 1 is 1.27 bits per heavy atom. The van der Waals surface area contributed by atoms with Crippen molar-refractivity contribution in [3.05, 3.63) is 52.5 Å². The number of pyridine rings is 1. The van der Waals surface area contributed by atoms with Gasteiger partial charge in [-0.1, -0.05) is 29.8 Å². The third-order valence-corrected chi connectivity index (χ3v) is 5.68. The first-order valence-electron chi connectivity index (χ1n) is 8.28. The molecule has 1 saturated heterocycles. The molecular weight excluding hydrogens is 383 g/mol. The van der Waals surface area contributed by atoms with E-state index in [2.05, 4.69) is 10.3 Å². The predicted molar refractivity (Wildman–Crippen MR) is 99.9 cm³/mol. The average molecular weight is 402 g/mol. The van der Waals surface area contributed by atoms with E-state index < -0.39 is 11.7 Å². The lowest BCUT2D eigenvalue weighted by molar-refractivity contribution is -0.140. The van der Waals surface area contributed by atoms with Crippen molar-refractivity contribution in [2.24, 2.45) is 0 Å². The summed E-state index contributed by atoms with van der Waals surface area (Å²) in [5.41, 5.74) is 0.0797. The quantitative estimate of drug-likeness (QED) is 0.742. The van der Waals surface area contributed by atoms with Gasteiger partial charge >= 0.3 is 6.18 Å². The SMILES string of the molecule is C[C@H]1CNCCN1c1ccc(C(F)(F)F)c(SCc2ccccc2Cl)n1. The van der Waals surface area contributed by atoms with E-state index in [0.717, 1.165) is 36.5 Å². The van der Waals surface area contributed by atoms with Gasteiger partial charge in [0.1, 0.15) is 10.8 Å². The van der Waals surface area contributed by atoms with E-state index in [9.17, 15) is 13.2 Å². The summed E-state index contributed by atoms with van der Waals surface area (Å²) in [6, 6.07) is 9.92. The number of nitrogens with zero attached hydrogens (tertiary/aromatic N) is 2. The monoisotopic (exact) mass is 401 g/mol. The summed E-state index contributed by atoms with van der Waals surface area (Å²) in [6.45, 7) is 4.32. The lowest BCUT2D eigenvalue weighted by atomic mass is 10.2. The van der Waals surface area contributed by atoms with Crippen molar-refractivity contribution >= 4 is 29.2 Å². The van der Waals surface area contributed by atoms with Gasteiger partial charge in [-0.15, -0.1) is 11.8 Å². The minimum absolute atomic E-state index is 0.0133. The third kappa shape index (κ3) is 4.45. The molecule has 1 N–H and O–H groups in total. The summed E-state index contributed by atoms with van der Waals surface area (Å²) >= 11 is 7.18. The van der Waals surface area contributed by atoms with Crippen LogP contribution in [0.1, 0.15) is 18.1 Å². The van der Waals surface area contributed by atoms with Gasteiger partial charge in [-0.3, -0.25) is 0 Å². The Balaban J connectivity index is 1.89. The molecule has 140 valence electrons. The lowest BCUT2D eigenvalue weighted by Crippen LogP contribution is -2.50. The minimum atomic E-state index is -4.44. The minimum Gasteiger partial charge on any atom is -0.351 e. The summed E-state index contributed by atoms with van der Waals surface area (Å²) in [4.78, 5) is 6.39. The number of thioether (sulfide) groups is 1. The maximum absolute atomic E-state index is 13.4. The van der Waals surface area contributed by atoms with Crippen LogP contribution in [0.5, 0.6) is 0 Å². The van der Waals surface area contributed by atoms with Crippen molar-refractivity contribution in [1.82, 2.24) is 10.3 Å². The van der Waals surface area contributed by atoms with Gasteiger partial charge in [-0.05, 0) is 30.7 Å². The van der Waals surface area contributed by atoms with Crippen molar-refractivity contribution in [2.45, 2.75) is 29.9 Å². The topological polar surface area (TPSA) is 28.2 Å². The van der Waals surface area contributed by atoms with Gasteiger partial charge in [0, 0.05) is 36.5 Å². The molecule has 8 heteroatoms. The molecule has 0 aliphatic carbocycles. The summed E-state index contributed by atoms with van der Waals surface area (Å²) < 4.78 is 40.2. The molecule has 3 rings (SSSR count). The van der Waals surface area contributed by atoms with Crippen molar-refractivity contribution in [1.29, 1.82) is 0 Å². The van der Waals surface area contributed by atoms with E-state index in [1.165, 1.54) is 6.07 Å². The number of rotatable bonds is 4. The zero-order chi connectivity index (χ0) is 18.7. The number of anilines is 1. The molecule has 0 bridgehead atoms. The van der Waals surface area contributed by atoms with Crippen LogP contribution in [0.4, 0.5) is 19.0 Å². The standard InChI is InChI=1S/C18H19ClF3N3S/c1-12-10-23-8-9-25(12)16-7-6-14(18(20,21)22)17(24-16)26-11-13-4-2-3-5-15(13)19/h2-7,12,23H,8-11H2,1H3/t12-/m0/s1. The van der Waals surface area contributed by atoms with Gasteiger partial charge in [-0.2, -0.15) is 13.2 Å². The first-order valence-corrected chi connectivity index (χ1v) is 9.64. The van der Waals surface area contributed by atoms with Crippen LogP contribution in [-0.4, -0.2) is 30.7 Å². The Bertz CT molecular complexity index is 770. The molecule has 3 nitrogen and oxygen atoms in total. The molecular formula is C18H19ClF3N3S. The summed E-state index contributed by atoms with van der Waals surface area (Å²) in [5.74, 6) is 0.907. The number of hydrogen-bond acceptors (Lipinski definition) is 4. The van der Waals surface area contributed by atoms with Crippen LogP contribution in [-0.2, 0) is 11.9 Å². The van der Waals surface area contributed by atoms with Crippen LogP contribution in [0.25, 0.3) is 0 Å². The number of piperazine rings is 1. The maximum atomic E-state index is 13.4. The van der Waals surface area contributed by atoms with Gasteiger partial charge < -0.3 is 10.2 Å². The maximum Gasteiger partial charge on any atom is 0.419 e. The zero-order valence-electron chi connectivity index (χ0n) is 14.2. The Hall–Kier alpha value is -1.44. The summed E-state index contributed by atoms with van der Waals surface area (Å²) in [5, 5.41) is 3.80. The molecule has 1 atom stereocenters. The summed E-state index contributed by atoms with van der Waals surface area (Å²) in [6.07, 6.45) is -4.44. The highest BCUT2D eigenvalue weighted by atomic mass is 35.5. The molecule has 0 unspecified atom stereocenters. The molecule has 0 amide bonds. The molecule has 1 aromatic carbocycles. The molecule has 1 aliphatic heterocycles. The van der Waals surface area contributed by atoms with Crippen LogP contribution in [0.15, 0.2) is 41.4 Å².